The van der Waals surface area contributed by atoms with E-state index in [2.05, 4.69) is 88.5 Å². The Bertz CT molecular complexity index is 1970. The van der Waals surface area contributed by atoms with Gasteiger partial charge in [-0.3, -0.25) is 18.8 Å². The number of aromatic nitrogens is 3. The number of carbonyl (C=O) groups excluding carboxylic acids is 1. The molecule has 49 heavy (non-hydrogen) atoms. The van der Waals surface area contributed by atoms with Gasteiger partial charge in [0.05, 0.1) is 23.7 Å². The van der Waals surface area contributed by atoms with Crippen molar-refractivity contribution in [1.82, 2.24) is 19.5 Å². The normalized spacial score (nSPS) is 21.4. The third-order valence-electron chi connectivity index (χ3n) is 10.5. The molecule has 0 bridgehead atoms. The monoisotopic (exact) mass is 686 g/mol. The van der Waals surface area contributed by atoms with E-state index in [0.29, 0.717) is 29.3 Å². The van der Waals surface area contributed by atoms with Crippen LogP contribution in [0.5, 0.6) is 5.75 Å². The van der Waals surface area contributed by atoms with Gasteiger partial charge in [-0.2, -0.15) is 0 Å². The molecule has 3 heterocycles. The van der Waals surface area contributed by atoms with Gasteiger partial charge in [0.15, 0.2) is 11.5 Å². The Morgan fingerprint density at radius 3 is 2.49 bits per heavy atom. The van der Waals surface area contributed by atoms with E-state index >= 15 is 0 Å². The van der Waals surface area contributed by atoms with Gasteiger partial charge in [0.25, 0.3) is 0 Å². The van der Waals surface area contributed by atoms with Crippen LogP contribution in [-0.2, 0) is 25.8 Å². The van der Waals surface area contributed by atoms with Crippen LogP contribution in [0.3, 0.4) is 0 Å². The van der Waals surface area contributed by atoms with E-state index in [0.717, 1.165) is 74.1 Å². The van der Waals surface area contributed by atoms with Crippen LogP contribution in [0.15, 0.2) is 54.7 Å². The van der Waals surface area contributed by atoms with E-state index < -0.39 is 10.0 Å². The number of nitrogens with zero attached hydrogens (tertiary/aromatic N) is 4. The van der Waals surface area contributed by atoms with Crippen molar-refractivity contribution in [3.8, 4) is 5.75 Å². The van der Waals surface area contributed by atoms with Crippen LogP contribution < -0.4 is 14.8 Å². The van der Waals surface area contributed by atoms with Gasteiger partial charge in [-0.25, -0.2) is 8.42 Å². The highest BCUT2D eigenvalue weighted by atomic mass is 32.2. The Kier molecular flexibility index (Phi) is 9.54. The quantitative estimate of drug-likeness (QED) is 0.178. The zero-order chi connectivity index (χ0) is 35.1. The number of pyridine rings is 1. The Morgan fingerprint density at radius 2 is 1.80 bits per heavy atom. The summed E-state index contributed by atoms with van der Waals surface area (Å²) in [5.41, 5.74) is 5.67. The molecule has 1 amide bonds. The summed E-state index contributed by atoms with van der Waals surface area (Å²) in [4.78, 5) is 15.6. The van der Waals surface area contributed by atoms with Crippen molar-refractivity contribution < 1.29 is 17.9 Å². The predicted molar refractivity (Wildman–Crippen MR) is 195 cm³/mol. The van der Waals surface area contributed by atoms with Gasteiger partial charge >= 0.3 is 0 Å². The van der Waals surface area contributed by atoms with E-state index in [1.165, 1.54) is 11.1 Å². The molecule has 1 aliphatic carbocycles. The minimum Gasteiger partial charge on any atom is -0.484 e. The van der Waals surface area contributed by atoms with E-state index in [1.54, 1.807) is 0 Å². The molecule has 1 aliphatic heterocycles. The van der Waals surface area contributed by atoms with E-state index in [-0.39, 0.29) is 23.0 Å². The number of anilines is 2. The summed E-state index contributed by atoms with van der Waals surface area (Å²) in [5.74, 6) is 2.01. The molecule has 0 radical (unpaired) electrons. The molecular weight excluding hydrogens is 637 g/mol. The molecule has 0 unspecified atom stereocenters. The lowest BCUT2D eigenvalue weighted by molar-refractivity contribution is -0.116. The fourth-order valence-corrected chi connectivity index (χ4v) is 8.03. The van der Waals surface area contributed by atoms with Crippen molar-refractivity contribution in [2.24, 2.45) is 0 Å². The molecule has 2 aliphatic rings. The smallest absolute Gasteiger partial charge is 0.229 e. The maximum absolute atomic E-state index is 13.2. The number of hydrogen-bond acceptors (Lipinski definition) is 7. The molecule has 262 valence electrons. The highest BCUT2D eigenvalue weighted by molar-refractivity contribution is 7.92. The van der Waals surface area contributed by atoms with Gasteiger partial charge in [0.2, 0.25) is 15.9 Å². The molecule has 2 N–H and O–H groups in total. The second-order valence-corrected chi connectivity index (χ2v) is 16.9. The number of carbonyl (C=O) groups is 1. The fraction of sp³-hybridized carbons (Fsp3) is 0.500. The minimum atomic E-state index is -3.47. The average Bonchev–Trinajstić information content (AvgIpc) is 3.61. The van der Waals surface area contributed by atoms with Crippen molar-refractivity contribution in [2.45, 2.75) is 103 Å². The number of likely N-dealkylation sites (tertiary alicyclic amines) is 1. The van der Waals surface area contributed by atoms with Crippen LogP contribution >= 0.6 is 0 Å². The lowest BCUT2D eigenvalue weighted by Crippen LogP contribution is -2.37. The number of fused-ring (bicyclic) bond motifs is 2. The second kappa shape index (κ2) is 13.4. The zero-order valence-corrected chi connectivity index (χ0v) is 30.7. The van der Waals surface area contributed by atoms with E-state index in [9.17, 15) is 13.2 Å². The van der Waals surface area contributed by atoms with Crippen molar-refractivity contribution >= 4 is 33.0 Å². The number of sulfonamides is 1. The molecular formula is C38H50N6O4S. The summed E-state index contributed by atoms with van der Waals surface area (Å²) >= 11 is 0. The summed E-state index contributed by atoms with van der Waals surface area (Å²) in [7, 11) is -1.32. The van der Waals surface area contributed by atoms with Crippen LogP contribution in [0.4, 0.5) is 11.4 Å². The van der Waals surface area contributed by atoms with Gasteiger partial charge in [-0.1, -0.05) is 45.0 Å². The minimum absolute atomic E-state index is 0.0642. The highest BCUT2D eigenvalue weighted by Gasteiger charge is 2.40. The SMILES string of the molecule is Cc1c(NC(=O)CCC[C@H]2CC[C@@H](Oc3ccc4nnc([C@]5(C)CCCN5C)n4c3)c3ccccc32)cc(C(C)(C)C)cc1NS(C)(=O)=O. The number of nitrogens with one attached hydrogen (secondary N) is 2. The first-order valence-electron chi connectivity index (χ1n) is 17.4. The van der Waals surface area contributed by atoms with Crippen LogP contribution in [0.25, 0.3) is 5.65 Å². The largest absolute Gasteiger partial charge is 0.484 e. The Morgan fingerprint density at radius 1 is 1.06 bits per heavy atom. The van der Waals surface area contributed by atoms with Crippen molar-refractivity contribution in [3.63, 3.8) is 0 Å². The summed E-state index contributed by atoms with van der Waals surface area (Å²) in [6, 6.07) is 16.3. The topological polar surface area (TPSA) is 118 Å². The number of amides is 1. The van der Waals surface area contributed by atoms with Crippen molar-refractivity contribution in [3.05, 3.63) is 82.8 Å². The van der Waals surface area contributed by atoms with Crippen molar-refractivity contribution in [2.75, 3.05) is 29.9 Å². The lowest BCUT2D eigenvalue weighted by atomic mass is 9.79. The molecule has 1 fully saturated rings. The van der Waals surface area contributed by atoms with Crippen molar-refractivity contribution in [1.29, 1.82) is 0 Å². The third-order valence-corrected chi connectivity index (χ3v) is 11.1. The van der Waals surface area contributed by atoms with Gasteiger partial charge in [0.1, 0.15) is 11.9 Å². The first-order valence-corrected chi connectivity index (χ1v) is 19.3. The fourth-order valence-electron chi connectivity index (χ4n) is 7.42. The van der Waals surface area contributed by atoms with Crippen LogP contribution in [0, 0.1) is 6.92 Å². The molecule has 10 nitrogen and oxygen atoms in total. The van der Waals surface area contributed by atoms with Gasteiger partial charge in [0, 0.05) is 12.1 Å². The molecule has 3 atom stereocenters. The maximum atomic E-state index is 13.2. The van der Waals surface area contributed by atoms with Crippen LogP contribution in [0.2, 0.25) is 0 Å². The molecule has 4 aromatic rings. The summed E-state index contributed by atoms with van der Waals surface area (Å²) in [6.07, 6.45) is 9.15. The molecule has 0 saturated carbocycles. The van der Waals surface area contributed by atoms with E-state index in [4.69, 9.17) is 4.74 Å². The average molecular weight is 687 g/mol. The maximum Gasteiger partial charge on any atom is 0.229 e. The Labute approximate surface area is 290 Å². The van der Waals surface area contributed by atoms with E-state index in [1.807, 2.05) is 37.4 Å². The van der Waals surface area contributed by atoms with Crippen LogP contribution in [-0.4, -0.2) is 53.7 Å². The standard InChI is InChI=1S/C38H50N6O4S/c1-25-31(22-27(37(2,3)4)23-32(25)42-49(7,46)47)39-35(45)15-10-12-26-16-18-33(30-14-9-8-13-29(26)30)48-28-17-19-34-40-41-36(44(34)24-28)38(5)20-11-21-43(38)6/h8-9,13-14,17,19,22-24,26,33,42H,10-12,15-16,18,20-21H2,1-7H3,(H,39,45)/t26-,33+,38-/m0/s1. The molecule has 6 rings (SSSR count). The molecule has 0 spiro atoms. The zero-order valence-electron chi connectivity index (χ0n) is 29.8. The van der Waals surface area contributed by atoms with Gasteiger partial charge in [-0.05, 0) is 124 Å². The predicted octanol–water partition coefficient (Wildman–Crippen LogP) is 7.45. The molecule has 2 aromatic heterocycles. The molecule has 1 saturated heterocycles. The summed E-state index contributed by atoms with van der Waals surface area (Å²) < 4.78 is 35.5. The molecule has 11 heteroatoms. The van der Waals surface area contributed by atoms with Crippen LogP contribution in [0.1, 0.15) is 113 Å². The first-order chi connectivity index (χ1) is 23.1. The lowest BCUT2D eigenvalue weighted by Gasteiger charge is -2.32. The molecule has 2 aromatic carbocycles. The number of hydrogen-bond donors (Lipinski definition) is 2. The Hall–Kier alpha value is -3.96. The Balaban J connectivity index is 1.12. The first kappa shape index (κ1) is 34.9. The van der Waals surface area contributed by atoms with Gasteiger partial charge < -0.3 is 10.1 Å². The number of rotatable bonds is 10. The summed E-state index contributed by atoms with van der Waals surface area (Å²) in [6.45, 7) is 11.3. The second-order valence-electron chi connectivity index (χ2n) is 15.2. The number of ether oxygens (including phenoxy) is 1. The summed E-state index contributed by atoms with van der Waals surface area (Å²) in [5, 5.41) is 12.1. The highest BCUT2D eigenvalue weighted by Crippen LogP contribution is 2.43. The third kappa shape index (κ3) is 7.48. The van der Waals surface area contributed by atoms with Gasteiger partial charge in [-0.15, -0.1) is 10.2 Å². The number of benzene rings is 2.